The largest absolute Gasteiger partial charge is 1.00 e. The van der Waals surface area contributed by atoms with Crippen molar-refractivity contribution in [1.29, 1.82) is 0 Å². The average Bonchev–Trinajstić information content (AvgIpc) is 2.30. The number of aromatic hydroxyl groups is 2. The zero-order valence-corrected chi connectivity index (χ0v) is 12.5. The van der Waals surface area contributed by atoms with Gasteiger partial charge in [0, 0.05) is 18.4 Å². The van der Waals surface area contributed by atoms with Gasteiger partial charge in [-0.3, -0.25) is 0 Å². The highest BCUT2D eigenvalue weighted by Crippen LogP contribution is 2.31. The van der Waals surface area contributed by atoms with Gasteiger partial charge in [0.15, 0.2) is 17.2 Å². The summed E-state index contributed by atoms with van der Waals surface area (Å²) < 4.78 is 2.26. The molecule has 2 rings (SSSR count). The third-order valence-corrected chi connectivity index (χ3v) is 3.46. The van der Waals surface area contributed by atoms with E-state index in [0.717, 1.165) is 43.4 Å². The molecule has 18 heavy (non-hydrogen) atoms. The van der Waals surface area contributed by atoms with Crippen molar-refractivity contribution in [2.45, 2.75) is 32.6 Å². The van der Waals surface area contributed by atoms with Crippen LogP contribution in [0, 0.1) is 0 Å². The van der Waals surface area contributed by atoms with Crippen molar-refractivity contribution in [3.8, 4) is 11.5 Å². The van der Waals surface area contributed by atoms with E-state index in [1.807, 2.05) is 0 Å². The number of phenols is 2. The third kappa shape index (κ3) is 2.86. The Morgan fingerprint density at radius 2 is 1.89 bits per heavy atom. The minimum absolute atomic E-state index is 0. The zero-order valence-electron chi connectivity index (χ0n) is 10.9. The van der Waals surface area contributed by atoms with E-state index >= 15 is 0 Å². The summed E-state index contributed by atoms with van der Waals surface area (Å²) in [6.45, 7) is 3.16. The number of fused-ring (bicyclic) bond motifs is 1. The Morgan fingerprint density at radius 3 is 2.56 bits per heavy atom. The molecular weight excluding hydrogens is 294 g/mol. The van der Waals surface area contributed by atoms with Crippen LogP contribution in [0.3, 0.4) is 0 Å². The van der Waals surface area contributed by atoms with E-state index in [1.165, 1.54) is 5.71 Å². The number of likely N-dealkylation sites (N-methyl/N-ethyl adjacent to an activating group) is 1. The second kappa shape index (κ2) is 6.23. The van der Waals surface area contributed by atoms with Gasteiger partial charge in [-0.15, -0.1) is 0 Å². The molecule has 1 heterocycles. The van der Waals surface area contributed by atoms with Crippen molar-refractivity contribution in [1.82, 2.24) is 0 Å². The summed E-state index contributed by atoms with van der Waals surface area (Å²) in [6, 6.07) is 3.40. The molecule has 0 radical (unpaired) electrons. The van der Waals surface area contributed by atoms with Crippen LogP contribution >= 0.6 is 0 Å². The summed E-state index contributed by atoms with van der Waals surface area (Å²) in [6.07, 6.45) is 4.27. The Morgan fingerprint density at radius 1 is 1.22 bits per heavy atom. The maximum absolute atomic E-state index is 9.62. The van der Waals surface area contributed by atoms with Gasteiger partial charge >= 0.3 is 0 Å². The Kier molecular flexibility index (Phi) is 5.20. The first-order valence-electron chi connectivity index (χ1n) is 6.25. The Bertz CT molecular complexity index is 469. The lowest BCUT2D eigenvalue weighted by Gasteiger charge is -2.17. The van der Waals surface area contributed by atoms with Crippen LogP contribution in [0.1, 0.15) is 37.3 Å². The first-order chi connectivity index (χ1) is 8.13. The molecule has 0 spiro atoms. The van der Waals surface area contributed by atoms with Gasteiger partial charge in [-0.1, -0.05) is 13.3 Å². The van der Waals surface area contributed by atoms with E-state index in [9.17, 15) is 10.2 Å². The number of halogens is 1. The van der Waals surface area contributed by atoms with Crippen LogP contribution in [0.2, 0.25) is 0 Å². The number of unbranched alkanes of at least 4 members (excludes halogenated alkanes) is 1. The van der Waals surface area contributed by atoms with Gasteiger partial charge in [0.25, 0.3) is 0 Å². The first-order valence-corrected chi connectivity index (χ1v) is 6.25. The lowest BCUT2D eigenvalue weighted by molar-refractivity contribution is -0.499. The molecule has 0 aliphatic carbocycles. The SMILES string of the molecule is CCCCC1=[N+](C)CCc2cc(O)c(O)cc21.[Br-]. The molecule has 0 amide bonds. The van der Waals surface area contributed by atoms with Crippen LogP contribution < -0.4 is 17.0 Å². The molecule has 100 valence electrons. The number of nitrogens with zero attached hydrogens (tertiary/aromatic N) is 1. The smallest absolute Gasteiger partial charge is 0.183 e. The molecule has 0 aromatic heterocycles. The van der Waals surface area contributed by atoms with E-state index in [4.69, 9.17) is 0 Å². The van der Waals surface area contributed by atoms with E-state index in [-0.39, 0.29) is 28.5 Å². The normalized spacial score (nSPS) is 14.1. The summed E-state index contributed by atoms with van der Waals surface area (Å²) in [5.74, 6) is -0.0313. The first kappa shape index (κ1) is 15.0. The van der Waals surface area contributed by atoms with Gasteiger partial charge in [-0.25, -0.2) is 4.58 Å². The van der Waals surface area contributed by atoms with E-state index in [0.29, 0.717) is 0 Å². The minimum atomic E-state index is -0.0203. The lowest BCUT2D eigenvalue weighted by atomic mass is 9.93. The van der Waals surface area contributed by atoms with Gasteiger partial charge in [0.05, 0.1) is 0 Å². The lowest BCUT2D eigenvalue weighted by Crippen LogP contribution is -3.00. The van der Waals surface area contributed by atoms with Crippen LogP contribution in [0.25, 0.3) is 0 Å². The summed E-state index contributed by atoms with van der Waals surface area (Å²) in [7, 11) is 2.10. The molecule has 0 atom stereocenters. The quantitative estimate of drug-likeness (QED) is 0.571. The third-order valence-electron chi connectivity index (χ3n) is 3.46. The molecule has 0 bridgehead atoms. The van der Waals surface area contributed by atoms with Crippen molar-refractivity contribution >= 4 is 5.71 Å². The zero-order chi connectivity index (χ0) is 12.4. The molecule has 0 saturated heterocycles. The minimum Gasteiger partial charge on any atom is -1.00 e. The number of hydrogen-bond acceptors (Lipinski definition) is 2. The molecule has 1 aliphatic rings. The molecule has 1 aromatic rings. The van der Waals surface area contributed by atoms with Gasteiger partial charge in [-0.05, 0) is 24.1 Å². The fraction of sp³-hybridized carbons (Fsp3) is 0.500. The number of hydrogen-bond donors (Lipinski definition) is 2. The monoisotopic (exact) mass is 313 g/mol. The van der Waals surface area contributed by atoms with Crippen molar-refractivity contribution in [3.63, 3.8) is 0 Å². The predicted molar refractivity (Wildman–Crippen MR) is 68.2 cm³/mol. The summed E-state index contributed by atoms with van der Waals surface area (Å²) >= 11 is 0. The van der Waals surface area contributed by atoms with E-state index in [1.54, 1.807) is 12.1 Å². The Hall–Kier alpha value is -1.03. The van der Waals surface area contributed by atoms with Gasteiger partial charge in [0.2, 0.25) is 0 Å². The highest BCUT2D eigenvalue weighted by atomic mass is 79.9. The van der Waals surface area contributed by atoms with Crippen LogP contribution in [0.4, 0.5) is 0 Å². The fourth-order valence-electron chi connectivity index (χ4n) is 2.39. The molecule has 2 N–H and O–H groups in total. The number of benzene rings is 1. The molecular formula is C14H20BrNO2. The Balaban J connectivity index is 0.00000162. The van der Waals surface area contributed by atoms with Crippen molar-refractivity contribution in [2.75, 3.05) is 13.6 Å². The van der Waals surface area contributed by atoms with Crippen LogP contribution in [0.15, 0.2) is 12.1 Å². The summed E-state index contributed by atoms with van der Waals surface area (Å²) in [5, 5.41) is 19.2. The van der Waals surface area contributed by atoms with Crippen LogP contribution in [-0.4, -0.2) is 34.1 Å². The summed E-state index contributed by atoms with van der Waals surface area (Å²) in [4.78, 5) is 0. The second-order valence-electron chi connectivity index (χ2n) is 4.72. The number of rotatable bonds is 3. The molecule has 4 heteroatoms. The fourth-order valence-corrected chi connectivity index (χ4v) is 2.39. The highest BCUT2D eigenvalue weighted by molar-refractivity contribution is 5.99. The van der Waals surface area contributed by atoms with Crippen molar-refractivity contribution < 1.29 is 31.8 Å². The number of phenolic OH excluding ortho intramolecular Hbond substituents is 2. The van der Waals surface area contributed by atoms with Crippen LogP contribution in [-0.2, 0) is 6.42 Å². The van der Waals surface area contributed by atoms with E-state index in [2.05, 4.69) is 18.5 Å². The highest BCUT2D eigenvalue weighted by Gasteiger charge is 2.24. The van der Waals surface area contributed by atoms with E-state index < -0.39 is 0 Å². The maximum atomic E-state index is 9.62. The second-order valence-corrected chi connectivity index (χ2v) is 4.72. The average molecular weight is 314 g/mol. The Labute approximate surface area is 119 Å². The molecule has 0 fully saturated rings. The maximum Gasteiger partial charge on any atom is 0.183 e. The summed E-state index contributed by atoms with van der Waals surface area (Å²) in [5.41, 5.74) is 3.52. The molecule has 1 aliphatic heterocycles. The molecule has 3 nitrogen and oxygen atoms in total. The topological polar surface area (TPSA) is 43.5 Å². The van der Waals surface area contributed by atoms with Gasteiger partial charge in [0.1, 0.15) is 13.6 Å². The molecule has 0 unspecified atom stereocenters. The van der Waals surface area contributed by atoms with Crippen molar-refractivity contribution in [2.24, 2.45) is 0 Å². The van der Waals surface area contributed by atoms with Gasteiger partial charge < -0.3 is 27.2 Å². The van der Waals surface area contributed by atoms with Crippen LogP contribution in [0.5, 0.6) is 11.5 Å². The predicted octanol–water partition coefficient (Wildman–Crippen LogP) is -0.720. The van der Waals surface area contributed by atoms with Crippen molar-refractivity contribution in [3.05, 3.63) is 23.3 Å². The molecule has 0 saturated carbocycles. The standard InChI is InChI=1S/C14H19NO2.BrH/c1-3-4-5-12-11-9-14(17)13(16)8-10(11)6-7-15(12)2;/h8-9,17H,3-7H2,1-2H3;1H. The molecule has 1 aromatic carbocycles. The van der Waals surface area contributed by atoms with Gasteiger partial charge in [-0.2, -0.15) is 0 Å².